The Morgan fingerprint density at radius 3 is 2.65 bits per heavy atom. The molecule has 3 heteroatoms. The van der Waals surface area contributed by atoms with Crippen LogP contribution in [0.1, 0.15) is 25.8 Å². The summed E-state index contributed by atoms with van der Waals surface area (Å²) in [7, 11) is 2.12. The molecule has 0 heterocycles. The summed E-state index contributed by atoms with van der Waals surface area (Å²) in [6.07, 6.45) is 1.84. The largest absolute Gasteiger partial charge is 0.396 e. The first kappa shape index (κ1) is 14.7. The molecule has 0 amide bonds. The van der Waals surface area contributed by atoms with E-state index in [1.165, 1.54) is 5.56 Å². The number of aliphatic hydroxyl groups excluding tert-OH is 1. The maximum absolute atomic E-state index is 9.04. The van der Waals surface area contributed by atoms with Gasteiger partial charge in [0, 0.05) is 23.2 Å². The van der Waals surface area contributed by atoms with Crippen LogP contribution in [0.15, 0.2) is 28.7 Å². The fourth-order valence-electron chi connectivity index (χ4n) is 1.76. The Balaban J connectivity index is 2.50. The van der Waals surface area contributed by atoms with Crippen molar-refractivity contribution in [2.45, 2.75) is 32.2 Å². The lowest BCUT2D eigenvalue weighted by molar-refractivity contribution is 0.118. The third-order valence-electron chi connectivity index (χ3n) is 3.38. The van der Waals surface area contributed by atoms with Gasteiger partial charge >= 0.3 is 0 Å². The summed E-state index contributed by atoms with van der Waals surface area (Å²) in [5.41, 5.74) is 1.40. The van der Waals surface area contributed by atoms with E-state index in [0.717, 1.165) is 23.9 Å². The fraction of sp³-hybridized carbons (Fsp3) is 0.571. The Morgan fingerprint density at radius 2 is 2.06 bits per heavy atom. The third-order valence-corrected chi connectivity index (χ3v) is 3.88. The van der Waals surface area contributed by atoms with E-state index in [4.69, 9.17) is 5.11 Å². The molecule has 0 aromatic heterocycles. The molecule has 2 nitrogen and oxygen atoms in total. The van der Waals surface area contributed by atoms with Gasteiger partial charge in [0.25, 0.3) is 0 Å². The van der Waals surface area contributed by atoms with E-state index in [1.54, 1.807) is 0 Å². The van der Waals surface area contributed by atoms with Crippen LogP contribution in [-0.2, 0) is 6.42 Å². The molecule has 0 spiro atoms. The van der Waals surface area contributed by atoms with Crippen LogP contribution in [0.25, 0.3) is 0 Å². The minimum absolute atomic E-state index is 0.0563. The molecule has 0 bridgehead atoms. The van der Waals surface area contributed by atoms with Gasteiger partial charge in [0.1, 0.15) is 0 Å². The SMILES string of the molecule is CN(CCc1cccc(Br)c1)C(C)(C)CCO. The van der Waals surface area contributed by atoms with Gasteiger partial charge in [0.2, 0.25) is 0 Å². The van der Waals surface area contributed by atoms with Crippen molar-refractivity contribution >= 4 is 15.9 Å². The molecule has 1 aromatic carbocycles. The molecule has 0 aliphatic carbocycles. The minimum atomic E-state index is 0.0563. The van der Waals surface area contributed by atoms with Crippen LogP contribution < -0.4 is 0 Å². The summed E-state index contributed by atoms with van der Waals surface area (Å²) < 4.78 is 1.13. The summed E-state index contributed by atoms with van der Waals surface area (Å²) in [5, 5.41) is 9.04. The van der Waals surface area contributed by atoms with Crippen LogP contribution >= 0.6 is 15.9 Å². The zero-order valence-corrected chi connectivity index (χ0v) is 12.5. The van der Waals surface area contributed by atoms with E-state index in [2.05, 4.69) is 59.9 Å². The predicted octanol–water partition coefficient (Wildman–Crippen LogP) is 3.08. The summed E-state index contributed by atoms with van der Waals surface area (Å²) >= 11 is 3.49. The second kappa shape index (κ2) is 6.53. The predicted molar refractivity (Wildman–Crippen MR) is 76.3 cm³/mol. The van der Waals surface area contributed by atoms with Gasteiger partial charge in [-0.15, -0.1) is 0 Å². The van der Waals surface area contributed by atoms with Gasteiger partial charge in [0.05, 0.1) is 0 Å². The average molecular weight is 300 g/mol. The van der Waals surface area contributed by atoms with Crippen molar-refractivity contribution in [3.8, 4) is 0 Å². The van der Waals surface area contributed by atoms with Crippen LogP contribution in [0.3, 0.4) is 0 Å². The number of benzene rings is 1. The standard InChI is InChI=1S/C14H22BrNO/c1-14(2,8-10-17)16(3)9-7-12-5-4-6-13(15)11-12/h4-6,11,17H,7-10H2,1-3H3. The van der Waals surface area contributed by atoms with Gasteiger partial charge in [0.15, 0.2) is 0 Å². The van der Waals surface area contributed by atoms with Crippen molar-refractivity contribution in [1.82, 2.24) is 4.90 Å². The van der Waals surface area contributed by atoms with Crippen molar-refractivity contribution in [2.24, 2.45) is 0 Å². The third kappa shape index (κ3) is 4.78. The molecule has 0 atom stereocenters. The first-order valence-corrected chi connectivity index (χ1v) is 6.81. The number of hydrogen-bond donors (Lipinski definition) is 1. The van der Waals surface area contributed by atoms with E-state index in [1.807, 2.05) is 6.07 Å². The second-order valence-corrected chi connectivity index (χ2v) is 6.00. The maximum Gasteiger partial charge on any atom is 0.0448 e. The van der Waals surface area contributed by atoms with E-state index in [0.29, 0.717) is 0 Å². The molecule has 0 saturated heterocycles. The molecule has 0 aliphatic heterocycles. The van der Waals surface area contributed by atoms with Gasteiger partial charge in [-0.3, -0.25) is 0 Å². The van der Waals surface area contributed by atoms with Gasteiger partial charge in [-0.05, 0) is 51.4 Å². The zero-order chi connectivity index (χ0) is 12.9. The molecule has 0 aliphatic rings. The molecular weight excluding hydrogens is 278 g/mol. The van der Waals surface area contributed by atoms with Gasteiger partial charge in [-0.2, -0.15) is 0 Å². The van der Waals surface area contributed by atoms with Crippen molar-refractivity contribution in [2.75, 3.05) is 20.2 Å². The lowest BCUT2D eigenvalue weighted by Crippen LogP contribution is -2.42. The highest BCUT2D eigenvalue weighted by atomic mass is 79.9. The highest BCUT2D eigenvalue weighted by Gasteiger charge is 2.22. The lowest BCUT2D eigenvalue weighted by atomic mass is 9.98. The van der Waals surface area contributed by atoms with E-state index in [-0.39, 0.29) is 12.1 Å². The molecular formula is C14H22BrNO. The summed E-state index contributed by atoms with van der Waals surface area (Å²) in [4.78, 5) is 2.31. The monoisotopic (exact) mass is 299 g/mol. The van der Waals surface area contributed by atoms with Crippen LogP contribution in [-0.4, -0.2) is 35.7 Å². The van der Waals surface area contributed by atoms with Crippen LogP contribution in [0.5, 0.6) is 0 Å². The topological polar surface area (TPSA) is 23.5 Å². The molecule has 1 aromatic rings. The van der Waals surface area contributed by atoms with Gasteiger partial charge < -0.3 is 10.0 Å². The molecule has 96 valence electrons. The molecule has 0 saturated carbocycles. The van der Waals surface area contributed by atoms with Crippen molar-refractivity contribution in [3.63, 3.8) is 0 Å². The first-order chi connectivity index (χ1) is 7.95. The van der Waals surface area contributed by atoms with Crippen LogP contribution in [0.4, 0.5) is 0 Å². The summed E-state index contributed by atoms with van der Waals surface area (Å²) in [6, 6.07) is 8.42. The summed E-state index contributed by atoms with van der Waals surface area (Å²) in [6.45, 7) is 5.59. The Hall–Kier alpha value is -0.380. The molecule has 1 rings (SSSR count). The summed E-state index contributed by atoms with van der Waals surface area (Å²) in [5.74, 6) is 0. The van der Waals surface area contributed by atoms with E-state index >= 15 is 0 Å². The number of likely N-dealkylation sites (N-methyl/N-ethyl adjacent to an activating group) is 1. The number of rotatable bonds is 6. The number of halogens is 1. The molecule has 17 heavy (non-hydrogen) atoms. The Morgan fingerprint density at radius 1 is 1.35 bits per heavy atom. The fourth-order valence-corrected chi connectivity index (χ4v) is 2.20. The average Bonchev–Trinajstić information content (AvgIpc) is 2.26. The van der Waals surface area contributed by atoms with Crippen molar-refractivity contribution < 1.29 is 5.11 Å². The number of hydrogen-bond acceptors (Lipinski definition) is 2. The lowest BCUT2D eigenvalue weighted by Gasteiger charge is -2.35. The van der Waals surface area contributed by atoms with E-state index in [9.17, 15) is 0 Å². The maximum atomic E-state index is 9.04. The Labute approximate surface area is 113 Å². The molecule has 0 radical (unpaired) electrons. The molecule has 0 fully saturated rings. The highest BCUT2D eigenvalue weighted by Crippen LogP contribution is 2.18. The molecule has 0 unspecified atom stereocenters. The molecule has 1 N–H and O–H groups in total. The highest BCUT2D eigenvalue weighted by molar-refractivity contribution is 9.10. The Bertz CT molecular complexity index is 352. The van der Waals surface area contributed by atoms with Crippen molar-refractivity contribution in [1.29, 1.82) is 0 Å². The zero-order valence-electron chi connectivity index (χ0n) is 10.9. The quantitative estimate of drug-likeness (QED) is 0.872. The minimum Gasteiger partial charge on any atom is -0.396 e. The van der Waals surface area contributed by atoms with E-state index < -0.39 is 0 Å². The van der Waals surface area contributed by atoms with Crippen LogP contribution in [0.2, 0.25) is 0 Å². The van der Waals surface area contributed by atoms with Crippen molar-refractivity contribution in [3.05, 3.63) is 34.3 Å². The number of aliphatic hydroxyl groups is 1. The second-order valence-electron chi connectivity index (χ2n) is 5.09. The van der Waals surface area contributed by atoms with Gasteiger partial charge in [-0.25, -0.2) is 0 Å². The Kier molecular flexibility index (Phi) is 5.63. The van der Waals surface area contributed by atoms with Gasteiger partial charge in [-0.1, -0.05) is 28.1 Å². The normalized spacial score (nSPS) is 12.1. The first-order valence-electron chi connectivity index (χ1n) is 6.02. The number of nitrogens with zero attached hydrogens (tertiary/aromatic N) is 1. The van der Waals surface area contributed by atoms with Crippen LogP contribution in [0, 0.1) is 0 Å². The smallest absolute Gasteiger partial charge is 0.0448 e.